The lowest BCUT2D eigenvalue weighted by atomic mass is 10.1. The summed E-state index contributed by atoms with van der Waals surface area (Å²) in [5, 5.41) is 2.80. The minimum Gasteiger partial charge on any atom is -0.352 e. The zero-order valence-electron chi connectivity index (χ0n) is 14.5. The van der Waals surface area contributed by atoms with E-state index in [1.165, 1.54) is 4.31 Å². The van der Waals surface area contributed by atoms with Crippen LogP contribution in [-0.4, -0.2) is 32.1 Å². The van der Waals surface area contributed by atoms with Crippen molar-refractivity contribution in [3.05, 3.63) is 59.9 Å². The highest BCUT2D eigenvalue weighted by molar-refractivity contribution is 7.92. The largest absolute Gasteiger partial charge is 0.352 e. The molecule has 0 aliphatic rings. The van der Waals surface area contributed by atoms with Crippen LogP contribution in [0.25, 0.3) is 0 Å². The van der Waals surface area contributed by atoms with Crippen molar-refractivity contribution < 1.29 is 13.2 Å². The van der Waals surface area contributed by atoms with Crippen molar-refractivity contribution in [3.63, 3.8) is 0 Å². The Labute approximate surface area is 148 Å². The predicted octanol–water partition coefficient (Wildman–Crippen LogP) is 2.12. The minimum atomic E-state index is -3.47. The molecule has 1 N–H and O–H groups in total. The molecule has 1 aromatic carbocycles. The molecule has 0 bridgehead atoms. The van der Waals surface area contributed by atoms with E-state index in [-0.39, 0.29) is 18.9 Å². The molecule has 0 spiro atoms. The third-order valence-electron chi connectivity index (χ3n) is 3.82. The number of pyridine rings is 1. The van der Waals surface area contributed by atoms with Gasteiger partial charge in [0.25, 0.3) is 0 Å². The smallest absolute Gasteiger partial charge is 0.232 e. The lowest BCUT2D eigenvalue weighted by molar-refractivity contribution is -0.121. The van der Waals surface area contributed by atoms with Crippen LogP contribution in [-0.2, 0) is 27.8 Å². The van der Waals surface area contributed by atoms with E-state index in [1.807, 2.05) is 31.2 Å². The van der Waals surface area contributed by atoms with E-state index in [2.05, 4.69) is 10.3 Å². The predicted molar refractivity (Wildman–Crippen MR) is 98.7 cm³/mol. The molecule has 0 atom stereocenters. The molecule has 0 radical (unpaired) electrons. The van der Waals surface area contributed by atoms with Gasteiger partial charge in [-0.25, -0.2) is 8.42 Å². The molecule has 134 valence electrons. The van der Waals surface area contributed by atoms with Crippen LogP contribution >= 0.6 is 0 Å². The number of hydrogen-bond donors (Lipinski definition) is 1. The van der Waals surface area contributed by atoms with E-state index in [4.69, 9.17) is 0 Å². The molecule has 6 nitrogen and oxygen atoms in total. The van der Waals surface area contributed by atoms with Crippen LogP contribution in [0.15, 0.2) is 48.8 Å². The molecule has 2 rings (SSSR count). The highest BCUT2D eigenvalue weighted by Crippen LogP contribution is 2.23. The lowest BCUT2D eigenvalue weighted by Crippen LogP contribution is -2.35. The molecule has 0 saturated carbocycles. The van der Waals surface area contributed by atoms with E-state index in [9.17, 15) is 13.2 Å². The number of nitrogens with zero attached hydrogens (tertiary/aromatic N) is 2. The second kappa shape index (κ2) is 8.62. The number of amides is 1. The van der Waals surface area contributed by atoms with Gasteiger partial charge >= 0.3 is 0 Å². The van der Waals surface area contributed by atoms with Crippen LogP contribution < -0.4 is 9.62 Å². The van der Waals surface area contributed by atoms with Gasteiger partial charge in [-0.3, -0.25) is 14.1 Å². The number of aryl methyl sites for hydroxylation is 1. The topological polar surface area (TPSA) is 79.4 Å². The first kappa shape index (κ1) is 18.9. The number of anilines is 1. The van der Waals surface area contributed by atoms with Crippen LogP contribution in [0, 0.1) is 0 Å². The molecule has 1 amide bonds. The maximum Gasteiger partial charge on any atom is 0.232 e. The summed E-state index contributed by atoms with van der Waals surface area (Å²) in [6, 6.07) is 11.0. The van der Waals surface area contributed by atoms with Crippen LogP contribution in [0.4, 0.5) is 5.69 Å². The number of carbonyl (C=O) groups is 1. The molecule has 0 unspecified atom stereocenters. The number of aromatic nitrogens is 1. The molecular weight excluding hydrogens is 338 g/mol. The van der Waals surface area contributed by atoms with Gasteiger partial charge in [0.1, 0.15) is 0 Å². The van der Waals surface area contributed by atoms with Crippen LogP contribution in [0.5, 0.6) is 0 Å². The molecule has 0 aliphatic carbocycles. The lowest BCUT2D eigenvalue weighted by Gasteiger charge is -2.24. The number of para-hydroxylation sites is 1. The molecule has 0 aliphatic heterocycles. The fraction of sp³-hybridized carbons (Fsp3) is 0.333. The maximum atomic E-state index is 12.2. The summed E-state index contributed by atoms with van der Waals surface area (Å²) in [5.41, 5.74) is 2.51. The summed E-state index contributed by atoms with van der Waals surface area (Å²) in [6.07, 6.45) is 5.30. The van der Waals surface area contributed by atoms with Crippen molar-refractivity contribution in [3.8, 4) is 0 Å². The van der Waals surface area contributed by atoms with Crippen LogP contribution in [0.1, 0.15) is 24.5 Å². The first-order valence-electron chi connectivity index (χ1n) is 8.13. The SMILES string of the molecule is CCc1ccccc1N(CCC(=O)NCc1ccncc1)S(C)(=O)=O. The standard InChI is InChI=1S/C18H23N3O3S/c1-3-16-6-4-5-7-17(16)21(25(2,23)24)13-10-18(22)20-14-15-8-11-19-12-9-15/h4-9,11-12H,3,10,13-14H2,1-2H3,(H,20,22). The van der Waals surface area contributed by atoms with Crippen molar-refractivity contribution in [2.45, 2.75) is 26.3 Å². The van der Waals surface area contributed by atoms with Crippen LogP contribution in [0.2, 0.25) is 0 Å². The van der Waals surface area contributed by atoms with Gasteiger partial charge in [0.2, 0.25) is 15.9 Å². The molecule has 25 heavy (non-hydrogen) atoms. The second-order valence-electron chi connectivity index (χ2n) is 5.70. The summed E-state index contributed by atoms with van der Waals surface area (Å²) in [5.74, 6) is -0.195. The molecule has 1 heterocycles. The Morgan fingerprint density at radius 1 is 1.16 bits per heavy atom. The molecule has 2 aromatic rings. The monoisotopic (exact) mass is 361 g/mol. The zero-order chi connectivity index (χ0) is 18.3. The van der Waals surface area contributed by atoms with Crippen molar-refractivity contribution in [2.24, 2.45) is 0 Å². The minimum absolute atomic E-state index is 0.0935. The van der Waals surface area contributed by atoms with E-state index < -0.39 is 10.0 Å². The van der Waals surface area contributed by atoms with Gasteiger partial charge in [-0.1, -0.05) is 25.1 Å². The van der Waals surface area contributed by atoms with Gasteiger partial charge in [0, 0.05) is 31.9 Å². The van der Waals surface area contributed by atoms with E-state index in [0.29, 0.717) is 12.2 Å². The fourth-order valence-corrected chi connectivity index (χ4v) is 3.47. The fourth-order valence-electron chi connectivity index (χ4n) is 2.51. The first-order valence-corrected chi connectivity index (χ1v) is 9.98. The molecule has 0 saturated heterocycles. The Balaban J connectivity index is 2.02. The van der Waals surface area contributed by atoms with Crippen molar-refractivity contribution in [2.75, 3.05) is 17.1 Å². The number of sulfonamides is 1. The summed E-state index contributed by atoms with van der Waals surface area (Å²) < 4.78 is 25.7. The average Bonchev–Trinajstić information content (AvgIpc) is 2.60. The van der Waals surface area contributed by atoms with Crippen molar-refractivity contribution in [1.29, 1.82) is 0 Å². The molecule has 0 fully saturated rings. The third kappa shape index (κ3) is 5.56. The number of benzene rings is 1. The Bertz CT molecular complexity index is 807. The highest BCUT2D eigenvalue weighted by atomic mass is 32.2. The third-order valence-corrected chi connectivity index (χ3v) is 5.00. The number of nitrogens with one attached hydrogen (secondary N) is 1. The summed E-state index contributed by atoms with van der Waals surface area (Å²) in [7, 11) is -3.47. The van der Waals surface area contributed by atoms with Gasteiger partial charge < -0.3 is 5.32 Å². The average molecular weight is 361 g/mol. The molecular formula is C18H23N3O3S. The normalized spacial score (nSPS) is 11.1. The summed E-state index contributed by atoms with van der Waals surface area (Å²) in [6.45, 7) is 2.48. The van der Waals surface area contributed by atoms with E-state index >= 15 is 0 Å². The Morgan fingerprint density at radius 3 is 2.48 bits per heavy atom. The number of hydrogen-bond acceptors (Lipinski definition) is 4. The molecule has 7 heteroatoms. The second-order valence-corrected chi connectivity index (χ2v) is 7.61. The Morgan fingerprint density at radius 2 is 1.84 bits per heavy atom. The molecule has 1 aromatic heterocycles. The van der Waals surface area contributed by atoms with Gasteiger partial charge in [0.05, 0.1) is 11.9 Å². The highest BCUT2D eigenvalue weighted by Gasteiger charge is 2.20. The quantitative estimate of drug-likeness (QED) is 0.781. The van der Waals surface area contributed by atoms with Gasteiger partial charge in [-0.05, 0) is 35.7 Å². The van der Waals surface area contributed by atoms with Gasteiger partial charge in [-0.15, -0.1) is 0 Å². The maximum absolute atomic E-state index is 12.2. The first-order chi connectivity index (χ1) is 11.9. The van der Waals surface area contributed by atoms with Crippen molar-refractivity contribution >= 4 is 21.6 Å². The van der Waals surface area contributed by atoms with E-state index in [0.717, 1.165) is 23.8 Å². The van der Waals surface area contributed by atoms with E-state index in [1.54, 1.807) is 24.5 Å². The summed E-state index contributed by atoms with van der Waals surface area (Å²) in [4.78, 5) is 16.0. The zero-order valence-corrected chi connectivity index (χ0v) is 15.3. The summed E-state index contributed by atoms with van der Waals surface area (Å²) >= 11 is 0. The Kier molecular flexibility index (Phi) is 6.52. The van der Waals surface area contributed by atoms with Crippen molar-refractivity contribution in [1.82, 2.24) is 10.3 Å². The van der Waals surface area contributed by atoms with Gasteiger partial charge in [-0.2, -0.15) is 0 Å². The van der Waals surface area contributed by atoms with Crippen LogP contribution in [0.3, 0.4) is 0 Å². The van der Waals surface area contributed by atoms with Gasteiger partial charge in [0.15, 0.2) is 0 Å². The number of carbonyl (C=O) groups excluding carboxylic acids is 1. The Hall–Kier alpha value is -2.41. The number of rotatable bonds is 8.